The first-order valence-corrected chi connectivity index (χ1v) is 12.3. The largest absolute Gasteiger partial charge is 0.372 e. The van der Waals surface area contributed by atoms with Crippen molar-refractivity contribution in [1.82, 2.24) is 9.21 Å². The number of nitrogens with zero attached hydrogens (tertiary/aromatic N) is 3. The number of nitrogens with one attached hydrogen (secondary N) is 1. The van der Waals surface area contributed by atoms with Gasteiger partial charge >= 0.3 is 0 Å². The zero-order valence-corrected chi connectivity index (χ0v) is 18.8. The topological polar surface area (TPSA) is 73.0 Å². The van der Waals surface area contributed by atoms with Gasteiger partial charge in [0.05, 0.1) is 11.4 Å². The van der Waals surface area contributed by atoms with Gasteiger partial charge in [-0.1, -0.05) is 17.7 Å². The van der Waals surface area contributed by atoms with Crippen LogP contribution in [0.2, 0.25) is 0 Å². The molecule has 2 aliphatic rings. The van der Waals surface area contributed by atoms with Gasteiger partial charge < -0.3 is 10.2 Å². The van der Waals surface area contributed by atoms with E-state index >= 15 is 0 Å². The summed E-state index contributed by atoms with van der Waals surface area (Å²) in [5, 5.41) is 2.95. The molecule has 0 radical (unpaired) electrons. The van der Waals surface area contributed by atoms with E-state index in [0.717, 1.165) is 24.3 Å². The monoisotopic (exact) mass is 442 g/mol. The lowest BCUT2D eigenvalue weighted by atomic mass is 10.2. The van der Waals surface area contributed by atoms with E-state index in [1.165, 1.54) is 22.8 Å². The molecule has 4 rings (SSSR count). The van der Waals surface area contributed by atoms with Gasteiger partial charge in [-0.2, -0.15) is 4.31 Å². The predicted octanol–water partition coefficient (Wildman–Crippen LogP) is 2.54. The molecule has 0 saturated carbocycles. The van der Waals surface area contributed by atoms with Crippen LogP contribution in [0.4, 0.5) is 11.4 Å². The average molecular weight is 443 g/mol. The van der Waals surface area contributed by atoms with Gasteiger partial charge in [-0.3, -0.25) is 9.69 Å². The number of piperazine rings is 1. The lowest BCUT2D eigenvalue weighted by Crippen LogP contribution is -2.50. The van der Waals surface area contributed by atoms with Crippen LogP contribution in [-0.2, 0) is 14.8 Å². The first-order valence-electron chi connectivity index (χ1n) is 10.9. The summed E-state index contributed by atoms with van der Waals surface area (Å²) < 4.78 is 27.1. The van der Waals surface area contributed by atoms with Crippen molar-refractivity contribution in [2.45, 2.75) is 24.7 Å². The first kappa shape index (κ1) is 21.8. The van der Waals surface area contributed by atoms with E-state index in [-0.39, 0.29) is 12.5 Å². The van der Waals surface area contributed by atoms with Crippen LogP contribution in [-0.4, -0.2) is 69.3 Å². The Balaban J connectivity index is 1.26. The zero-order valence-electron chi connectivity index (χ0n) is 18.0. The van der Waals surface area contributed by atoms with Crippen molar-refractivity contribution in [2.75, 3.05) is 56.0 Å². The molecule has 2 aromatic rings. The molecule has 0 aromatic heterocycles. The van der Waals surface area contributed by atoms with Crippen LogP contribution in [0.5, 0.6) is 0 Å². The molecule has 31 heavy (non-hydrogen) atoms. The summed E-state index contributed by atoms with van der Waals surface area (Å²) in [5.74, 6) is -0.0798. The number of hydrogen-bond acceptors (Lipinski definition) is 5. The van der Waals surface area contributed by atoms with E-state index in [1.54, 1.807) is 12.1 Å². The second kappa shape index (κ2) is 9.38. The normalized spacial score (nSPS) is 18.3. The van der Waals surface area contributed by atoms with Crippen LogP contribution in [0.1, 0.15) is 18.4 Å². The number of rotatable bonds is 6. The average Bonchev–Trinajstić information content (AvgIpc) is 3.30. The van der Waals surface area contributed by atoms with E-state index in [9.17, 15) is 13.2 Å². The zero-order chi connectivity index (χ0) is 21.8. The van der Waals surface area contributed by atoms with Crippen LogP contribution in [0.25, 0.3) is 0 Å². The summed E-state index contributed by atoms with van der Waals surface area (Å²) in [6, 6.07) is 14.9. The molecule has 0 aliphatic carbocycles. The van der Waals surface area contributed by atoms with E-state index in [2.05, 4.69) is 22.3 Å². The van der Waals surface area contributed by atoms with Gasteiger partial charge in [-0.05, 0) is 56.2 Å². The van der Waals surface area contributed by atoms with Crippen molar-refractivity contribution in [3.05, 3.63) is 54.1 Å². The molecule has 0 spiro atoms. The first-order chi connectivity index (χ1) is 14.9. The summed E-state index contributed by atoms with van der Waals surface area (Å²) in [6.07, 6.45) is 2.47. The van der Waals surface area contributed by atoms with Crippen molar-refractivity contribution in [1.29, 1.82) is 0 Å². The summed E-state index contributed by atoms with van der Waals surface area (Å²) in [5.41, 5.74) is 3.01. The highest BCUT2D eigenvalue weighted by molar-refractivity contribution is 7.89. The molecule has 0 bridgehead atoms. The molecule has 0 atom stereocenters. The van der Waals surface area contributed by atoms with Crippen LogP contribution in [0, 0.1) is 6.92 Å². The molecule has 166 valence electrons. The molecule has 2 aliphatic heterocycles. The highest BCUT2D eigenvalue weighted by atomic mass is 32.2. The maximum atomic E-state index is 12.8. The summed E-state index contributed by atoms with van der Waals surface area (Å²) in [4.78, 5) is 17.1. The molecule has 1 amide bonds. The number of hydrogen-bond donors (Lipinski definition) is 1. The van der Waals surface area contributed by atoms with Gasteiger partial charge in [0.25, 0.3) is 0 Å². The second-order valence-electron chi connectivity index (χ2n) is 8.28. The fraction of sp³-hybridized carbons (Fsp3) is 0.435. The molecule has 8 heteroatoms. The molecule has 2 saturated heterocycles. The van der Waals surface area contributed by atoms with Gasteiger partial charge in [0.1, 0.15) is 0 Å². The van der Waals surface area contributed by atoms with Crippen molar-refractivity contribution < 1.29 is 13.2 Å². The Kier molecular flexibility index (Phi) is 6.60. The van der Waals surface area contributed by atoms with Crippen LogP contribution in [0.3, 0.4) is 0 Å². The number of sulfonamides is 1. The van der Waals surface area contributed by atoms with Crippen LogP contribution < -0.4 is 10.2 Å². The Hall–Kier alpha value is -2.42. The quantitative estimate of drug-likeness (QED) is 0.744. The summed E-state index contributed by atoms with van der Waals surface area (Å²) >= 11 is 0. The number of carbonyl (C=O) groups is 1. The molecule has 7 nitrogen and oxygen atoms in total. The Morgan fingerprint density at radius 3 is 2.10 bits per heavy atom. The van der Waals surface area contributed by atoms with Crippen molar-refractivity contribution in [2.24, 2.45) is 0 Å². The number of amides is 1. The number of carbonyl (C=O) groups excluding carboxylic acids is 1. The fourth-order valence-electron chi connectivity index (χ4n) is 4.12. The molecular formula is C23H30N4O3S. The Labute approximate surface area is 184 Å². The minimum absolute atomic E-state index is 0.0798. The van der Waals surface area contributed by atoms with Crippen molar-refractivity contribution in [3.63, 3.8) is 0 Å². The lowest BCUT2D eigenvalue weighted by molar-refractivity contribution is -0.117. The smallest absolute Gasteiger partial charge is 0.243 e. The van der Waals surface area contributed by atoms with Gasteiger partial charge in [-0.25, -0.2) is 8.42 Å². The van der Waals surface area contributed by atoms with Crippen LogP contribution in [0.15, 0.2) is 53.4 Å². The molecule has 1 N–H and O–H groups in total. The minimum Gasteiger partial charge on any atom is -0.372 e. The Bertz CT molecular complexity index is 992. The number of anilines is 2. The van der Waals surface area contributed by atoms with Crippen molar-refractivity contribution >= 4 is 27.3 Å². The highest BCUT2D eigenvalue weighted by Gasteiger charge is 2.29. The summed E-state index contributed by atoms with van der Waals surface area (Å²) in [7, 11) is -3.49. The third-order valence-corrected chi connectivity index (χ3v) is 7.89. The number of benzene rings is 2. The second-order valence-corrected chi connectivity index (χ2v) is 10.2. The third kappa shape index (κ3) is 5.26. The fourth-order valence-corrected chi connectivity index (χ4v) is 5.54. The van der Waals surface area contributed by atoms with E-state index in [1.807, 2.05) is 36.1 Å². The highest BCUT2D eigenvalue weighted by Crippen LogP contribution is 2.22. The maximum Gasteiger partial charge on any atom is 0.243 e. The third-order valence-electron chi connectivity index (χ3n) is 5.98. The van der Waals surface area contributed by atoms with Gasteiger partial charge in [-0.15, -0.1) is 0 Å². The van der Waals surface area contributed by atoms with Crippen molar-refractivity contribution in [3.8, 4) is 0 Å². The maximum absolute atomic E-state index is 12.8. The molecule has 2 heterocycles. The van der Waals surface area contributed by atoms with E-state index in [4.69, 9.17) is 0 Å². The molecular weight excluding hydrogens is 412 g/mol. The molecule has 2 fully saturated rings. The van der Waals surface area contributed by atoms with Gasteiger partial charge in [0, 0.05) is 50.6 Å². The van der Waals surface area contributed by atoms with Gasteiger partial charge in [0.15, 0.2) is 0 Å². The van der Waals surface area contributed by atoms with Crippen LogP contribution >= 0.6 is 0 Å². The predicted molar refractivity (Wildman–Crippen MR) is 123 cm³/mol. The van der Waals surface area contributed by atoms with E-state index < -0.39 is 10.0 Å². The number of aryl methyl sites for hydroxylation is 1. The SMILES string of the molecule is Cc1ccc(S(=O)(=O)N2CCN(CC(=O)Nc3ccc(N4CCCC4)cc3)CC2)cc1. The Morgan fingerprint density at radius 1 is 0.871 bits per heavy atom. The molecule has 2 aromatic carbocycles. The summed E-state index contributed by atoms with van der Waals surface area (Å²) in [6.45, 7) is 6.21. The Morgan fingerprint density at radius 2 is 1.48 bits per heavy atom. The minimum atomic E-state index is -3.49. The standard InChI is InChI=1S/C23H30N4O3S/c1-19-4-10-22(11-5-19)31(29,30)27-16-14-25(15-17-27)18-23(28)24-20-6-8-21(9-7-20)26-12-2-3-13-26/h4-11H,2-3,12-18H2,1H3,(H,24,28). The lowest BCUT2D eigenvalue weighted by Gasteiger charge is -2.33. The molecule has 0 unspecified atom stereocenters. The van der Waals surface area contributed by atoms with Gasteiger partial charge in [0.2, 0.25) is 15.9 Å². The van der Waals surface area contributed by atoms with E-state index in [0.29, 0.717) is 31.1 Å².